The van der Waals surface area contributed by atoms with Crippen LogP contribution in [0.25, 0.3) is 0 Å². The number of benzene rings is 1. The molecule has 2 N–H and O–H groups in total. The van der Waals surface area contributed by atoms with E-state index in [2.05, 4.69) is 4.98 Å². The molecule has 3 rings (SSSR count). The van der Waals surface area contributed by atoms with E-state index in [1.165, 1.54) is 14.2 Å². The predicted molar refractivity (Wildman–Crippen MR) is 113 cm³/mol. The first-order valence-corrected chi connectivity index (χ1v) is 10.1. The number of hydrogen-bond acceptors (Lipinski definition) is 9. The Morgan fingerprint density at radius 1 is 1.28 bits per heavy atom. The summed E-state index contributed by atoms with van der Waals surface area (Å²) in [6.07, 6.45) is 0. The van der Waals surface area contributed by atoms with Crippen molar-refractivity contribution in [3.63, 3.8) is 0 Å². The highest BCUT2D eigenvalue weighted by Crippen LogP contribution is 2.44. The van der Waals surface area contributed by atoms with Crippen LogP contribution in [-0.4, -0.2) is 49.7 Å². The van der Waals surface area contributed by atoms with E-state index in [1.54, 1.807) is 23.1 Å². The summed E-state index contributed by atoms with van der Waals surface area (Å²) in [6.45, 7) is 4.79. The van der Waals surface area contributed by atoms with Crippen LogP contribution in [0.5, 0.6) is 17.4 Å². The summed E-state index contributed by atoms with van der Waals surface area (Å²) in [5, 5.41) is 8.81. The molecular formula is C22H26N4O6. The van der Waals surface area contributed by atoms with Crippen molar-refractivity contribution in [2.45, 2.75) is 26.4 Å². The number of likely N-dealkylation sites (N-methyl/N-ethyl adjacent to an activating group) is 1. The van der Waals surface area contributed by atoms with Gasteiger partial charge in [-0.3, -0.25) is 4.79 Å². The summed E-state index contributed by atoms with van der Waals surface area (Å²) in [4.78, 5) is 19.6. The number of nitrogens with two attached hydrogens (primary N) is 1. The van der Waals surface area contributed by atoms with Crippen molar-refractivity contribution in [2.75, 3.05) is 33.9 Å². The summed E-state index contributed by atoms with van der Waals surface area (Å²) in [5.41, 5.74) is 7.56. The molecule has 0 spiro atoms. The molecule has 1 aliphatic heterocycles. The lowest BCUT2D eigenvalue weighted by atomic mass is 9.86. The Kier molecular flexibility index (Phi) is 7.22. The molecular weight excluding hydrogens is 416 g/mol. The minimum atomic E-state index is -0.667. The normalized spacial score (nSPS) is 14.9. The van der Waals surface area contributed by atoms with E-state index in [9.17, 15) is 4.79 Å². The zero-order valence-electron chi connectivity index (χ0n) is 18.5. The molecule has 10 heteroatoms. The Balaban J connectivity index is 2.15. The van der Waals surface area contributed by atoms with E-state index in [4.69, 9.17) is 34.4 Å². The predicted octanol–water partition coefficient (Wildman–Crippen LogP) is 2.29. The number of oxazole rings is 1. The molecule has 1 amide bonds. The molecule has 10 nitrogen and oxygen atoms in total. The van der Waals surface area contributed by atoms with Gasteiger partial charge in [-0.1, -0.05) is 6.07 Å². The third kappa shape index (κ3) is 4.33. The molecule has 0 saturated carbocycles. The summed E-state index contributed by atoms with van der Waals surface area (Å²) < 4.78 is 27.3. The van der Waals surface area contributed by atoms with Gasteiger partial charge in [0.2, 0.25) is 11.8 Å². The van der Waals surface area contributed by atoms with Gasteiger partial charge >= 0.3 is 5.95 Å². The number of aromatic nitrogens is 1. The standard InChI is InChI=1S/C22H26N4O6/c1-5-26(6-2)21(27)18-17(13-7-8-14(30-10-9-23)15(11-13)29-4)19-22(32-20(18)24)31-16(25-19)12-28-3/h7-8,11,17H,5-6,10,12,24H2,1-4H3/t17-/m1/s1. The van der Waals surface area contributed by atoms with Crippen LogP contribution in [0.15, 0.2) is 34.1 Å². The first-order chi connectivity index (χ1) is 15.5. The molecule has 1 aromatic carbocycles. The van der Waals surface area contributed by atoms with Crippen LogP contribution in [0.2, 0.25) is 0 Å². The molecule has 170 valence electrons. The Hall–Kier alpha value is -3.71. The maximum atomic E-state index is 13.4. The highest BCUT2D eigenvalue weighted by molar-refractivity contribution is 5.96. The molecule has 2 heterocycles. The van der Waals surface area contributed by atoms with Gasteiger partial charge in [-0.15, -0.1) is 0 Å². The SMILES string of the molecule is CCN(CC)C(=O)C1=C(N)Oc2oc(COC)nc2[C@@H]1c1ccc(OCC#N)c(OC)c1. The first kappa shape index (κ1) is 23.0. The third-order valence-electron chi connectivity index (χ3n) is 5.06. The number of nitriles is 1. The maximum Gasteiger partial charge on any atom is 0.316 e. The number of methoxy groups -OCH3 is 2. The highest BCUT2D eigenvalue weighted by Gasteiger charge is 2.40. The summed E-state index contributed by atoms with van der Waals surface area (Å²) in [6, 6.07) is 7.09. The van der Waals surface area contributed by atoms with Crippen LogP contribution in [0, 0.1) is 11.3 Å². The second-order valence-corrected chi connectivity index (χ2v) is 6.86. The van der Waals surface area contributed by atoms with Gasteiger partial charge < -0.3 is 34.0 Å². The van der Waals surface area contributed by atoms with Gasteiger partial charge in [0, 0.05) is 20.2 Å². The second kappa shape index (κ2) is 10.1. The fraction of sp³-hybridized carbons (Fsp3) is 0.409. The summed E-state index contributed by atoms with van der Waals surface area (Å²) >= 11 is 0. The molecule has 0 bridgehead atoms. The van der Waals surface area contributed by atoms with E-state index in [0.717, 1.165) is 0 Å². The van der Waals surface area contributed by atoms with Gasteiger partial charge in [0.05, 0.1) is 18.6 Å². The van der Waals surface area contributed by atoms with Gasteiger partial charge in [0.25, 0.3) is 5.91 Å². The van der Waals surface area contributed by atoms with Crippen LogP contribution in [0.3, 0.4) is 0 Å². The smallest absolute Gasteiger partial charge is 0.316 e. The number of nitrogens with zero attached hydrogens (tertiary/aromatic N) is 3. The summed E-state index contributed by atoms with van der Waals surface area (Å²) in [7, 11) is 3.01. The number of carbonyl (C=O) groups excluding carboxylic acids is 1. The Morgan fingerprint density at radius 2 is 2.03 bits per heavy atom. The second-order valence-electron chi connectivity index (χ2n) is 6.86. The number of carbonyl (C=O) groups is 1. The van der Waals surface area contributed by atoms with E-state index >= 15 is 0 Å². The molecule has 0 fully saturated rings. The Bertz CT molecular complexity index is 1050. The number of amides is 1. The van der Waals surface area contributed by atoms with Gasteiger partial charge in [0.1, 0.15) is 18.4 Å². The molecule has 1 aliphatic rings. The van der Waals surface area contributed by atoms with Crippen LogP contribution >= 0.6 is 0 Å². The van der Waals surface area contributed by atoms with Crippen molar-refractivity contribution >= 4 is 5.91 Å². The number of rotatable bonds is 9. The minimum Gasteiger partial charge on any atom is -0.493 e. The van der Waals surface area contributed by atoms with Crippen molar-refractivity contribution in [1.82, 2.24) is 9.88 Å². The minimum absolute atomic E-state index is 0.0525. The molecule has 0 aliphatic carbocycles. The van der Waals surface area contributed by atoms with Crippen molar-refractivity contribution in [3.8, 4) is 23.5 Å². The molecule has 0 radical (unpaired) electrons. The van der Waals surface area contributed by atoms with Gasteiger partial charge in [-0.2, -0.15) is 5.26 Å². The summed E-state index contributed by atoms with van der Waals surface area (Å²) in [5.74, 6) is 0.234. The van der Waals surface area contributed by atoms with Crippen LogP contribution < -0.4 is 19.9 Å². The molecule has 1 atom stereocenters. The van der Waals surface area contributed by atoms with Crippen molar-refractivity contribution < 1.29 is 28.2 Å². The monoisotopic (exact) mass is 442 g/mol. The maximum absolute atomic E-state index is 13.4. The molecule has 0 unspecified atom stereocenters. The third-order valence-corrected chi connectivity index (χ3v) is 5.06. The van der Waals surface area contributed by atoms with Crippen molar-refractivity contribution in [1.29, 1.82) is 5.26 Å². The van der Waals surface area contributed by atoms with Crippen molar-refractivity contribution in [2.24, 2.45) is 5.73 Å². The molecule has 32 heavy (non-hydrogen) atoms. The molecule has 0 saturated heterocycles. The topological polar surface area (TPSA) is 133 Å². The first-order valence-electron chi connectivity index (χ1n) is 10.1. The van der Waals surface area contributed by atoms with Gasteiger partial charge in [-0.05, 0) is 31.5 Å². The van der Waals surface area contributed by atoms with Crippen molar-refractivity contribution in [3.05, 3.63) is 46.8 Å². The highest BCUT2D eigenvalue weighted by atomic mass is 16.6. The average molecular weight is 442 g/mol. The van der Waals surface area contributed by atoms with Crippen LogP contribution in [0.4, 0.5) is 0 Å². The fourth-order valence-corrected chi connectivity index (χ4v) is 3.56. The van der Waals surface area contributed by atoms with Gasteiger partial charge in [-0.25, -0.2) is 4.98 Å². The van der Waals surface area contributed by atoms with E-state index in [1.807, 2.05) is 19.9 Å². The quantitative estimate of drug-likeness (QED) is 0.621. The number of ether oxygens (including phenoxy) is 4. The Morgan fingerprint density at radius 3 is 2.66 bits per heavy atom. The van der Waals surface area contributed by atoms with Crippen LogP contribution in [0.1, 0.15) is 36.9 Å². The zero-order chi connectivity index (χ0) is 23.3. The molecule has 1 aromatic heterocycles. The molecule has 2 aromatic rings. The van der Waals surface area contributed by atoms with E-state index in [0.29, 0.717) is 41.7 Å². The average Bonchev–Trinajstić information content (AvgIpc) is 3.19. The lowest BCUT2D eigenvalue weighted by Crippen LogP contribution is -2.37. The zero-order valence-corrected chi connectivity index (χ0v) is 18.5. The Labute approximate surface area is 186 Å². The van der Waals surface area contributed by atoms with Crippen LogP contribution in [-0.2, 0) is 16.1 Å². The lowest BCUT2D eigenvalue weighted by Gasteiger charge is -2.28. The largest absolute Gasteiger partial charge is 0.493 e. The number of fused-ring (bicyclic) bond motifs is 1. The lowest BCUT2D eigenvalue weighted by molar-refractivity contribution is -0.127. The number of hydrogen-bond donors (Lipinski definition) is 1. The fourth-order valence-electron chi connectivity index (χ4n) is 3.56. The van der Waals surface area contributed by atoms with Gasteiger partial charge in [0.15, 0.2) is 18.1 Å². The van der Waals surface area contributed by atoms with E-state index < -0.39 is 5.92 Å². The van der Waals surface area contributed by atoms with E-state index in [-0.39, 0.29) is 36.5 Å².